The molecule has 10 heteroatoms. The van der Waals surface area contributed by atoms with Gasteiger partial charge in [0.25, 0.3) is 10.0 Å². The maximum absolute atomic E-state index is 13.8. The number of ether oxygens (including phenoxy) is 2. The number of halogens is 1. The van der Waals surface area contributed by atoms with Crippen LogP contribution in [0.5, 0.6) is 11.5 Å². The number of carbonyl (C=O) groups is 1. The molecule has 170 valence electrons. The van der Waals surface area contributed by atoms with E-state index in [4.69, 9.17) is 9.47 Å². The molecule has 0 amide bonds. The normalized spacial score (nSPS) is 19.1. The first-order chi connectivity index (χ1) is 15.3. The minimum absolute atomic E-state index is 0.0721. The van der Waals surface area contributed by atoms with Crippen molar-refractivity contribution in [3.8, 4) is 11.5 Å². The Labute approximate surface area is 185 Å². The summed E-state index contributed by atoms with van der Waals surface area (Å²) in [6.45, 7) is 3.57. The first kappa shape index (κ1) is 22.1. The van der Waals surface area contributed by atoms with Gasteiger partial charge < -0.3 is 19.9 Å². The molecular formula is C22H23FN2O6S. The maximum atomic E-state index is 13.8. The number of sulfonamides is 1. The monoisotopic (exact) mass is 462 g/mol. The number of fused-ring (bicyclic) bond motifs is 3. The zero-order valence-corrected chi connectivity index (χ0v) is 18.1. The highest BCUT2D eigenvalue weighted by Crippen LogP contribution is 2.57. The zero-order chi connectivity index (χ0) is 22.9. The fourth-order valence-corrected chi connectivity index (χ4v) is 5.04. The molecule has 1 aliphatic heterocycles. The summed E-state index contributed by atoms with van der Waals surface area (Å²) in [5.41, 5.74) is 0.887. The highest BCUT2D eigenvalue weighted by atomic mass is 32.2. The average molecular weight is 462 g/mol. The summed E-state index contributed by atoms with van der Waals surface area (Å²) in [5.74, 6) is 0.0965. The van der Waals surface area contributed by atoms with E-state index >= 15 is 0 Å². The predicted octanol–water partition coefficient (Wildman–Crippen LogP) is 3.80. The summed E-state index contributed by atoms with van der Waals surface area (Å²) in [4.78, 5) is 11.1. The number of anilines is 1. The van der Waals surface area contributed by atoms with Crippen molar-refractivity contribution in [1.29, 1.82) is 0 Å². The maximum Gasteiger partial charge on any atom is 0.511 e. The van der Waals surface area contributed by atoms with Crippen molar-refractivity contribution >= 4 is 27.9 Å². The van der Waals surface area contributed by atoms with Crippen LogP contribution in [0.25, 0.3) is 6.08 Å². The highest BCUT2D eigenvalue weighted by molar-refractivity contribution is 7.92. The van der Waals surface area contributed by atoms with Gasteiger partial charge in [0.05, 0.1) is 17.2 Å². The summed E-state index contributed by atoms with van der Waals surface area (Å²) in [7, 11) is -4.21. The topological polar surface area (TPSA) is 114 Å². The lowest BCUT2D eigenvalue weighted by Gasteiger charge is -2.21. The van der Waals surface area contributed by atoms with Gasteiger partial charge in [0.15, 0.2) is 5.75 Å². The van der Waals surface area contributed by atoms with Crippen LogP contribution in [0.15, 0.2) is 41.3 Å². The SMILES string of the molecule is CCNC/C=C\c1cc(F)ccc1S(=O)(=O)Nc1ccc2c(c1OC(=O)O)OC[C@@H]1C[C@H]21. The lowest BCUT2D eigenvalue weighted by molar-refractivity contribution is 0.141. The molecule has 1 fully saturated rings. The summed E-state index contributed by atoms with van der Waals surface area (Å²) < 4.78 is 53.1. The molecule has 0 spiro atoms. The summed E-state index contributed by atoms with van der Waals surface area (Å²) in [5, 5.41) is 12.2. The van der Waals surface area contributed by atoms with E-state index in [0.29, 0.717) is 19.1 Å². The molecule has 0 bridgehead atoms. The Hall–Kier alpha value is -3.11. The molecule has 1 saturated carbocycles. The first-order valence-corrected chi connectivity index (χ1v) is 11.7. The van der Waals surface area contributed by atoms with Gasteiger partial charge in [-0.15, -0.1) is 0 Å². The van der Waals surface area contributed by atoms with Crippen LogP contribution < -0.4 is 19.5 Å². The molecule has 0 aromatic heterocycles. The second kappa shape index (κ2) is 8.79. The number of likely N-dealkylation sites (N-methyl/N-ethyl adjacent to an activating group) is 1. The van der Waals surface area contributed by atoms with Gasteiger partial charge in [-0.3, -0.25) is 4.72 Å². The van der Waals surface area contributed by atoms with Crippen LogP contribution in [0, 0.1) is 11.7 Å². The van der Waals surface area contributed by atoms with Gasteiger partial charge >= 0.3 is 6.16 Å². The van der Waals surface area contributed by atoms with Crippen LogP contribution in [-0.2, 0) is 10.0 Å². The number of benzene rings is 2. The Morgan fingerprint density at radius 2 is 2.16 bits per heavy atom. The minimum Gasteiger partial charge on any atom is -0.489 e. The first-order valence-electron chi connectivity index (χ1n) is 10.2. The molecule has 0 unspecified atom stereocenters. The molecule has 4 rings (SSSR count). The van der Waals surface area contributed by atoms with Crippen LogP contribution >= 0.6 is 0 Å². The average Bonchev–Trinajstić information content (AvgIpc) is 3.52. The highest BCUT2D eigenvalue weighted by Gasteiger charge is 2.45. The third-order valence-corrected chi connectivity index (χ3v) is 6.85. The van der Waals surface area contributed by atoms with Crippen LogP contribution in [0.2, 0.25) is 0 Å². The van der Waals surface area contributed by atoms with Gasteiger partial charge in [-0.05, 0) is 48.7 Å². The lowest BCUT2D eigenvalue weighted by atomic mass is 10.0. The zero-order valence-electron chi connectivity index (χ0n) is 17.3. The fourth-order valence-electron chi connectivity index (χ4n) is 3.80. The number of carboxylic acid groups (broad SMARTS) is 1. The Morgan fingerprint density at radius 3 is 2.91 bits per heavy atom. The second-order valence-corrected chi connectivity index (χ2v) is 9.29. The number of rotatable bonds is 8. The van der Waals surface area contributed by atoms with Gasteiger partial charge in [-0.25, -0.2) is 17.6 Å². The van der Waals surface area contributed by atoms with Crippen molar-refractivity contribution in [3.05, 3.63) is 53.4 Å². The van der Waals surface area contributed by atoms with Gasteiger partial charge in [0.2, 0.25) is 5.75 Å². The summed E-state index contributed by atoms with van der Waals surface area (Å²) in [6, 6.07) is 6.51. The van der Waals surface area contributed by atoms with Gasteiger partial charge in [-0.2, -0.15) is 0 Å². The molecule has 2 aliphatic rings. The van der Waals surface area contributed by atoms with Crippen LogP contribution in [0.3, 0.4) is 0 Å². The van der Waals surface area contributed by atoms with Crippen molar-refractivity contribution in [2.45, 2.75) is 24.2 Å². The van der Waals surface area contributed by atoms with Crippen molar-refractivity contribution < 1.29 is 32.2 Å². The summed E-state index contributed by atoms with van der Waals surface area (Å²) in [6.07, 6.45) is 2.55. The van der Waals surface area contributed by atoms with Gasteiger partial charge in [0, 0.05) is 18.0 Å². The third kappa shape index (κ3) is 4.56. The van der Waals surface area contributed by atoms with Gasteiger partial charge in [0.1, 0.15) is 5.82 Å². The Morgan fingerprint density at radius 1 is 1.34 bits per heavy atom. The Kier molecular flexibility index (Phi) is 6.07. The fraction of sp³-hybridized carbons (Fsp3) is 0.318. The molecule has 2 atom stereocenters. The van der Waals surface area contributed by atoms with Crippen molar-refractivity contribution in [2.75, 3.05) is 24.4 Å². The third-order valence-electron chi connectivity index (χ3n) is 5.41. The Balaban J connectivity index is 1.70. The van der Waals surface area contributed by atoms with E-state index in [0.717, 1.165) is 36.7 Å². The van der Waals surface area contributed by atoms with Crippen LogP contribution in [0.1, 0.15) is 30.4 Å². The minimum atomic E-state index is -4.21. The molecule has 0 radical (unpaired) electrons. The molecule has 2 aromatic rings. The molecule has 1 heterocycles. The van der Waals surface area contributed by atoms with Crippen molar-refractivity contribution in [3.63, 3.8) is 0 Å². The van der Waals surface area contributed by atoms with Crippen LogP contribution in [0.4, 0.5) is 14.9 Å². The van der Waals surface area contributed by atoms with E-state index in [-0.39, 0.29) is 33.6 Å². The van der Waals surface area contributed by atoms with Crippen molar-refractivity contribution in [2.24, 2.45) is 5.92 Å². The van der Waals surface area contributed by atoms with Crippen LogP contribution in [-0.4, -0.2) is 39.4 Å². The second-order valence-electron chi connectivity index (χ2n) is 7.64. The van der Waals surface area contributed by atoms with E-state index in [1.807, 2.05) is 6.92 Å². The quantitative estimate of drug-likeness (QED) is 0.311. The van der Waals surface area contributed by atoms with E-state index in [9.17, 15) is 22.7 Å². The molecular weight excluding hydrogens is 439 g/mol. The Bertz CT molecular complexity index is 1180. The van der Waals surface area contributed by atoms with Crippen molar-refractivity contribution in [1.82, 2.24) is 5.32 Å². The molecule has 3 N–H and O–H groups in total. The standard InChI is InChI=1S/C22H23FN2O6S/c1-2-24-9-3-4-13-10-15(23)5-8-19(13)32(28,29)25-18-7-6-16-17-11-14(17)12-30-20(16)21(18)31-22(26)27/h3-8,10,14,17,24-25H,2,9,11-12H2,1H3,(H,26,27)/b4-3-/t14-,17-/m0/s1. The van der Waals surface area contributed by atoms with E-state index in [1.54, 1.807) is 12.1 Å². The van der Waals surface area contributed by atoms with E-state index < -0.39 is 22.0 Å². The van der Waals surface area contributed by atoms with E-state index in [1.165, 1.54) is 12.1 Å². The number of hydrogen-bond acceptors (Lipinski definition) is 6. The van der Waals surface area contributed by atoms with Gasteiger partial charge in [-0.1, -0.05) is 25.1 Å². The molecule has 8 nitrogen and oxygen atoms in total. The largest absolute Gasteiger partial charge is 0.511 e. The molecule has 2 aromatic carbocycles. The van der Waals surface area contributed by atoms with E-state index in [2.05, 4.69) is 10.0 Å². The molecule has 1 aliphatic carbocycles. The lowest BCUT2D eigenvalue weighted by Crippen LogP contribution is -2.18. The number of hydrogen-bond donors (Lipinski definition) is 3. The summed E-state index contributed by atoms with van der Waals surface area (Å²) >= 11 is 0. The smallest absolute Gasteiger partial charge is 0.489 e. The number of nitrogens with one attached hydrogen (secondary N) is 2. The predicted molar refractivity (Wildman–Crippen MR) is 116 cm³/mol. The molecule has 32 heavy (non-hydrogen) atoms. The molecule has 0 saturated heterocycles.